The van der Waals surface area contributed by atoms with Crippen LogP contribution in [0.4, 0.5) is 5.69 Å². The van der Waals surface area contributed by atoms with Crippen molar-refractivity contribution >= 4 is 23.4 Å². The lowest BCUT2D eigenvalue weighted by Crippen LogP contribution is -2.38. The topological polar surface area (TPSA) is 52.6 Å². The molecule has 27 heavy (non-hydrogen) atoms. The number of hydrogen-bond acceptors (Lipinski definition) is 4. The Balaban J connectivity index is 1.50. The van der Waals surface area contributed by atoms with Gasteiger partial charge < -0.3 is 10.4 Å². The van der Waals surface area contributed by atoms with Crippen LogP contribution in [0.1, 0.15) is 24.3 Å². The minimum Gasteiger partial charge on any atom is -0.508 e. The number of benzene rings is 2. The van der Waals surface area contributed by atoms with Gasteiger partial charge in [-0.25, -0.2) is 0 Å². The third-order valence-electron chi connectivity index (χ3n) is 4.84. The molecule has 2 N–H and O–H groups in total. The molecule has 4 nitrogen and oxygen atoms in total. The molecule has 1 aliphatic rings. The predicted molar refractivity (Wildman–Crippen MR) is 113 cm³/mol. The Kier molecular flexibility index (Phi) is 6.96. The summed E-state index contributed by atoms with van der Waals surface area (Å²) in [7, 11) is 0. The van der Waals surface area contributed by atoms with Crippen molar-refractivity contribution in [3.63, 3.8) is 0 Å². The Morgan fingerprint density at radius 1 is 1.19 bits per heavy atom. The Labute approximate surface area is 165 Å². The Bertz CT molecular complexity index is 768. The number of thioether (sulfide) groups is 1. The molecule has 1 saturated heterocycles. The van der Waals surface area contributed by atoms with E-state index in [-0.39, 0.29) is 5.91 Å². The van der Waals surface area contributed by atoms with E-state index in [1.165, 1.54) is 5.56 Å². The number of nitrogens with zero attached hydrogens (tertiary/aromatic N) is 1. The molecule has 0 spiro atoms. The minimum absolute atomic E-state index is 0.0322. The molecule has 142 valence electrons. The second-order valence-electron chi connectivity index (χ2n) is 6.79. The molecular formula is C22H26N2O2S. The second-order valence-corrected chi connectivity index (χ2v) is 7.85. The van der Waals surface area contributed by atoms with E-state index in [0.717, 1.165) is 42.3 Å². The first-order valence-corrected chi connectivity index (χ1v) is 10.3. The molecule has 0 bridgehead atoms. The first-order chi connectivity index (χ1) is 13.2. The smallest absolute Gasteiger partial charge is 0.238 e. The van der Waals surface area contributed by atoms with Gasteiger partial charge in [-0.1, -0.05) is 30.3 Å². The summed E-state index contributed by atoms with van der Waals surface area (Å²) >= 11 is 1.67. The largest absolute Gasteiger partial charge is 0.508 e. The maximum absolute atomic E-state index is 12.5. The molecular weight excluding hydrogens is 356 g/mol. The number of likely N-dealkylation sites (tertiary alicyclic amines) is 1. The Hall–Kier alpha value is -2.24. The molecule has 5 heteroatoms. The number of piperidine rings is 1. The van der Waals surface area contributed by atoms with Crippen LogP contribution in [0, 0.1) is 0 Å². The van der Waals surface area contributed by atoms with E-state index in [1.54, 1.807) is 23.9 Å². The van der Waals surface area contributed by atoms with Crippen molar-refractivity contribution in [3.05, 3.63) is 66.7 Å². The number of rotatable bonds is 7. The number of aromatic hydroxyl groups is 1. The van der Waals surface area contributed by atoms with Gasteiger partial charge in [-0.3, -0.25) is 9.69 Å². The molecule has 1 aliphatic heterocycles. The number of carbonyl (C=O) groups is 1. The van der Waals surface area contributed by atoms with Gasteiger partial charge in [0, 0.05) is 10.6 Å². The first-order valence-electron chi connectivity index (χ1n) is 9.29. The molecule has 0 aliphatic carbocycles. The molecule has 3 rings (SSSR count). The van der Waals surface area contributed by atoms with Crippen molar-refractivity contribution < 1.29 is 9.90 Å². The molecule has 1 fully saturated rings. The van der Waals surface area contributed by atoms with Crippen LogP contribution in [0.2, 0.25) is 0 Å². The zero-order valence-electron chi connectivity index (χ0n) is 15.4. The Morgan fingerprint density at radius 2 is 1.89 bits per heavy atom. The lowest BCUT2D eigenvalue weighted by atomic mass is 9.89. The number of carbonyl (C=O) groups excluding carboxylic acids is 1. The van der Waals surface area contributed by atoms with Crippen LogP contribution in [0.3, 0.4) is 0 Å². The lowest BCUT2D eigenvalue weighted by Gasteiger charge is -2.31. The van der Waals surface area contributed by atoms with Gasteiger partial charge in [-0.05, 0) is 61.7 Å². The summed E-state index contributed by atoms with van der Waals surface area (Å²) in [5, 5.41) is 12.5. The van der Waals surface area contributed by atoms with Gasteiger partial charge in [-0.2, -0.15) is 0 Å². The molecule has 2 aromatic carbocycles. The van der Waals surface area contributed by atoms with E-state index >= 15 is 0 Å². The lowest BCUT2D eigenvalue weighted by molar-refractivity contribution is -0.117. The first kappa shape index (κ1) is 19.5. The summed E-state index contributed by atoms with van der Waals surface area (Å²) in [6, 6.07) is 15.4. The predicted octanol–water partition coefficient (Wildman–Crippen LogP) is 4.49. The van der Waals surface area contributed by atoms with Crippen molar-refractivity contribution in [2.45, 2.75) is 23.7 Å². The number of nitrogens with one attached hydrogen (secondary N) is 1. The molecule has 1 amide bonds. The summed E-state index contributed by atoms with van der Waals surface area (Å²) in [5.74, 6) is 1.66. The number of phenols is 1. The summed E-state index contributed by atoms with van der Waals surface area (Å²) in [6.07, 6.45) is 3.93. The molecule has 0 aromatic heterocycles. The fraction of sp³-hybridized carbons (Fsp3) is 0.318. The second kappa shape index (κ2) is 9.62. The maximum atomic E-state index is 12.5. The zero-order valence-corrected chi connectivity index (χ0v) is 16.3. The molecule has 0 radical (unpaired) electrons. The van der Waals surface area contributed by atoms with E-state index in [4.69, 9.17) is 0 Å². The molecule has 0 atom stereocenters. The van der Waals surface area contributed by atoms with Gasteiger partial charge in [0.25, 0.3) is 0 Å². The fourth-order valence-corrected chi connectivity index (χ4v) is 4.15. The van der Waals surface area contributed by atoms with E-state index < -0.39 is 0 Å². The summed E-state index contributed by atoms with van der Waals surface area (Å²) < 4.78 is 0. The van der Waals surface area contributed by atoms with Gasteiger partial charge >= 0.3 is 0 Å². The highest BCUT2D eigenvalue weighted by atomic mass is 32.2. The number of hydrogen-bond donors (Lipinski definition) is 2. The summed E-state index contributed by atoms with van der Waals surface area (Å²) in [4.78, 5) is 15.8. The van der Waals surface area contributed by atoms with Crippen molar-refractivity contribution in [1.29, 1.82) is 0 Å². The van der Waals surface area contributed by atoms with Crippen LogP contribution in [0.25, 0.3) is 0 Å². The average Bonchev–Trinajstić information content (AvgIpc) is 2.68. The summed E-state index contributed by atoms with van der Waals surface area (Å²) in [6.45, 7) is 5.99. The SMILES string of the molecule is C=CCSc1ccccc1NC(=O)CN1CCC(c2ccc(O)cc2)CC1. The van der Waals surface area contributed by atoms with Gasteiger partial charge in [0.05, 0.1) is 12.2 Å². The van der Waals surface area contributed by atoms with E-state index in [9.17, 15) is 9.90 Å². The van der Waals surface area contributed by atoms with Gasteiger partial charge in [0.15, 0.2) is 0 Å². The number of para-hydroxylation sites is 1. The Morgan fingerprint density at radius 3 is 2.59 bits per heavy atom. The maximum Gasteiger partial charge on any atom is 0.238 e. The van der Waals surface area contributed by atoms with Crippen LogP contribution in [-0.4, -0.2) is 41.3 Å². The van der Waals surface area contributed by atoms with Crippen LogP contribution in [0.5, 0.6) is 5.75 Å². The molecule has 0 unspecified atom stereocenters. The van der Waals surface area contributed by atoms with Crippen molar-refractivity contribution in [3.8, 4) is 5.75 Å². The highest BCUT2D eigenvalue weighted by molar-refractivity contribution is 7.99. The fourth-order valence-electron chi connectivity index (χ4n) is 3.41. The minimum atomic E-state index is 0.0322. The van der Waals surface area contributed by atoms with Crippen LogP contribution >= 0.6 is 11.8 Å². The van der Waals surface area contributed by atoms with E-state index in [2.05, 4.69) is 16.8 Å². The molecule has 2 aromatic rings. The van der Waals surface area contributed by atoms with Crippen molar-refractivity contribution in [2.75, 3.05) is 30.7 Å². The number of anilines is 1. The van der Waals surface area contributed by atoms with E-state index in [1.807, 2.05) is 42.5 Å². The third-order valence-corrected chi connectivity index (χ3v) is 5.91. The zero-order chi connectivity index (χ0) is 19.1. The quantitative estimate of drug-likeness (QED) is 0.547. The standard InChI is InChI=1S/C22H26N2O2S/c1-2-15-27-21-6-4-3-5-20(21)23-22(26)16-24-13-11-18(12-14-24)17-7-9-19(25)10-8-17/h2-10,18,25H,1,11-16H2,(H,23,26). The third kappa shape index (κ3) is 5.62. The summed E-state index contributed by atoms with van der Waals surface area (Å²) in [5.41, 5.74) is 2.14. The van der Waals surface area contributed by atoms with Crippen molar-refractivity contribution in [1.82, 2.24) is 4.90 Å². The highest BCUT2D eigenvalue weighted by Crippen LogP contribution is 2.29. The number of amides is 1. The highest BCUT2D eigenvalue weighted by Gasteiger charge is 2.22. The normalized spacial score (nSPS) is 15.4. The van der Waals surface area contributed by atoms with Crippen LogP contribution in [0.15, 0.2) is 66.1 Å². The molecule has 0 saturated carbocycles. The van der Waals surface area contributed by atoms with Gasteiger partial charge in [-0.15, -0.1) is 18.3 Å². The van der Waals surface area contributed by atoms with Crippen LogP contribution in [-0.2, 0) is 4.79 Å². The molecule has 1 heterocycles. The average molecular weight is 383 g/mol. The van der Waals surface area contributed by atoms with Crippen LogP contribution < -0.4 is 5.32 Å². The van der Waals surface area contributed by atoms with Gasteiger partial charge in [0.2, 0.25) is 5.91 Å². The van der Waals surface area contributed by atoms with Gasteiger partial charge in [0.1, 0.15) is 5.75 Å². The number of phenolic OH excluding ortho intramolecular Hbond substituents is 1. The van der Waals surface area contributed by atoms with E-state index in [0.29, 0.717) is 18.2 Å². The van der Waals surface area contributed by atoms with Crippen molar-refractivity contribution in [2.24, 2.45) is 0 Å². The monoisotopic (exact) mass is 382 g/mol.